The molecule has 16 heavy (non-hydrogen) atoms. The van der Waals surface area contributed by atoms with Gasteiger partial charge in [-0.15, -0.1) is 0 Å². The first-order valence-electron chi connectivity index (χ1n) is 5.42. The number of hydrogen-bond acceptors (Lipinski definition) is 3. The summed E-state index contributed by atoms with van der Waals surface area (Å²) in [6.07, 6.45) is 3.47. The highest BCUT2D eigenvalue weighted by Crippen LogP contribution is 2.28. The van der Waals surface area contributed by atoms with Gasteiger partial charge in [-0.05, 0) is 44.4 Å². The molecule has 1 aromatic rings. The molecule has 0 amide bonds. The molecule has 0 radical (unpaired) electrons. The fraction of sp³-hybridized carbons (Fsp3) is 0.385. The molecule has 3 heteroatoms. The standard InChI is InChI=1S/C13H13NO2/c1-9(15)12-6-5-10(8-14)7-13(12)16-11-3-2-4-11/h5-7,11H,2-4H2,1H3. The van der Waals surface area contributed by atoms with Gasteiger partial charge in [0, 0.05) is 0 Å². The minimum Gasteiger partial charge on any atom is -0.490 e. The molecule has 0 bridgehead atoms. The zero-order chi connectivity index (χ0) is 11.5. The highest BCUT2D eigenvalue weighted by Gasteiger charge is 2.21. The number of nitriles is 1. The van der Waals surface area contributed by atoms with Gasteiger partial charge in [0.2, 0.25) is 0 Å². The van der Waals surface area contributed by atoms with E-state index in [1.54, 1.807) is 18.2 Å². The second-order valence-corrected chi connectivity index (χ2v) is 4.05. The molecule has 0 aromatic heterocycles. The number of carbonyl (C=O) groups excluding carboxylic acids is 1. The minimum absolute atomic E-state index is 0.0289. The van der Waals surface area contributed by atoms with Crippen LogP contribution < -0.4 is 4.74 Å². The van der Waals surface area contributed by atoms with E-state index in [-0.39, 0.29) is 11.9 Å². The Morgan fingerprint density at radius 3 is 2.75 bits per heavy atom. The van der Waals surface area contributed by atoms with Crippen molar-refractivity contribution in [3.05, 3.63) is 29.3 Å². The maximum atomic E-state index is 11.4. The van der Waals surface area contributed by atoms with Crippen LogP contribution in [0.3, 0.4) is 0 Å². The molecule has 2 rings (SSSR count). The lowest BCUT2D eigenvalue weighted by Gasteiger charge is -2.27. The maximum Gasteiger partial charge on any atom is 0.163 e. The van der Waals surface area contributed by atoms with Crippen LogP contribution in [0.1, 0.15) is 42.1 Å². The summed E-state index contributed by atoms with van der Waals surface area (Å²) in [6.45, 7) is 1.51. The average molecular weight is 215 g/mol. The van der Waals surface area contributed by atoms with Gasteiger partial charge in [-0.2, -0.15) is 5.26 Å². The van der Waals surface area contributed by atoms with Crippen molar-refractivity contribution in [3.8, 4) is 11.8 Å². The topological polar surface area (TPSA) is 50.1 Å². The molecule has 0 spiro atoms. The molecule has 0 atom stereocenters. The SMILES string of the molecule is CC(=O)c1ccc(C#N)cc1OC1CCC1. The molecule has 0 aliphatic heterocycles. The van der Waals surface area contributed by atoms with E-state index >= 15 is 0 Å². The van der Waals surface area contributed by atoms with Crippen molar-refractivity contribution in [1.82, 2.24) is 0 Å². The fourth-order valence-electron chi connectivity index (χ4n) is 1.65. The normalized spacial score (nSPS) is 15.0. The molecule has 1 aromatic carbocycles. The Morgan fingerprint density at radius 1 is 1.50 bits per heavy atom. The number of hydrogen-bond donors (Lipinski definition) is 0. The van der Waals surface area contributed by atoms with Crippen molar-refractivity contribution in [2.24, 2.45) is 0 Å². The van der Waals surface area contributed by atoms with Gasteiger partial charge in [-0.3, -0.25) is 4.79 Å². The van der Waals surface area contributed by atoms with Crippen LogP contribution in [0.5, 0.6) is 5.75 Å². The first-order valence-corrected chi connectivity index (χ1v) is 5.42. The Morgan fingerprint density at radius 2 is 2.25 bits per heavy atom. The molecular formula is C13H13NO2. The van der Waals surface area contributed by atoms with Gasteiger partial charge in [0.1, 0.15) is 5.75 Å². The number of benzene rings is 1. The molecule has 3 nitrogen and oxygen atoms in total. The molecule has 82 valence electrons. The molecule has 0 N–H and O–H groups in total. The third-order valence-corrected chi connectivity index (χ3v) is 2.84. The first kappa shape index (κ1) is 10.7. The van der Waals surface area contributed by atoms with E-state index in [1.807, 2.05) is 0 Å². The van der Waals surface area contributed by atoms with E-state index < -0.39 is 0 Å². The smallest absolute Gasteiger partial charge is 0.163 e. The van der Waals surface area contributed by atoms with E-state index in [0.717, 1.165) is 12.8 Å². The van der Waals surface area contributed by atoms with Crippen molar-refractivity contribution in [2.75, 3.05) is 0 Å². The molecule has 0 saturated heterocycles. The third-order valence-electron chi connectivity index (χ3n) is 2.84. The quantitative estimate of drug-likeness (QED) is 0.728. The van der Waals surface area contributed by atoms with Gasteiger partial charge in [-0.1, -0.05) is 0 Å². The minimum atomic E-state index is -0.0289. The number of Topliss-reactive ketones (excluding diaryl/α,β-unsaturated/α-hetero) is 1. The van der Waals surface area contributed by atoms with Gasteiger partial charge in [-0.25, -0.2) is 0 Å². The number of ketones is 1. The largest absolute Gasteiger partial charge is 0.490 e. The summed E-state index contributed by atoms with van der Waals surface area (Å²) in [5.74, 6) is 0.523. The van der Waals surface area contributed by atoms with E-state index in [4.69, 9.17) is 10.00 Å². The first-order chi connectivity index (χ1) is 7.70. The van der Waals surface area contributed by atoms with Crippen molar-refractivity contribution in [2.45, 2.75) is 32.3 Å². The predicted molar refractivity (Wildman–Crippen MR) is 59.4 cm³/mol. The maximum absolute atomic E-state index is 11.4. The van der Waals surface area contributed by atoms with Crippen molar-refractivity contribution < 1.29 is 9.53 Å². The summed E-state index contributed by atoms with van der Waals surface area (Å²) in [5.41, 5.74) is 1.09. The molecule has 1 aliphatic rings. The Kier molecular flexibility index (Phi) is 2.91. The monoisotopic (exact) mass is 215 g/mol. The lowest BCUT2D eigenvalue weighted by atomic mass is 9.96. The van der Waals surface area contributed by atoms with Crippen LogP contribution >= 0.6 is 0 Å². The molecule has 1 fully saturated rings. The van der Waals surface area contributed by atoms with Crippen LogP contribution in [0.2, 0.25) is 0 Å². The van der Waals surface area contributed by atoms with E-state index in [2.05, 4.69) is 6.07 Å². The lowest BCUT2D eigenvalue weighted by Crippen LogP contribution is -2.25. The summed E-state index contributed by atoms with van der Waals surface area (Å²) >= 11 is 0. The summed E-state index contributed by atoms with van der Waals surface area (Å²) in [5, 5.41) is 8.81. The lowest BCUT2D eigenvalue weighted by molar-refractivity contribution is 0.0983. The Bertz CT molecular complexity index is 455. The molecular weight excluding hydrogens is 202 g/mol. The second kappa shape index (κ2) is 4.36. The van der Waals surface area contributed by atoms with Gasteiger partial charge in [0.25, 0.3) is 0 Å². The van der Waals surface area contributed by atoms with Crippen LogP contribution in [-0.2, 0) is 0 Å². The number of nitrogens with zero attached hydrogens (tertiary/aromatic N) is 1. The van der Waals surface area contributed by atoms with E-state index in [9.17, 15) is 4.79 Å². The Hall–Kier alpha value is -1.82. The van der Waals surface area contributed by atoms with Gasteiger partial charge >= 0.3 is 0 Å². The van der Waals surface area contributed by atoms with Gasteiger partial charge in [0.15, 0.2) is 5.78 Å². The highest BCUT2D eigenvalue weighted by atomic mass is 16.5. The van der Waals surface area contributed by atoms with Crippen LogP contribution in [0.25, 0.3) is 0 Å². The molecule has 0 heterocycles. The van der Waals surface area contributed by atoms with Crippen molar-refractivity contribution >= 4 is 5.78 Å². The summed E-state index contributed by atoms with van der Waals surface area (Å²) in [4.78, 5) is 11.4. The van der Waals surface area contributed by atoms with E-state index in [1.165, 1.54) is 13.3 Å². The summed E-state index contributed by atoms with van der Waals surface area (Å²) in [6, 6.07) is 7.00. The Balaban J connectivity index is 2.30. The van der Waals surface area contributed by atoms with Gasteiger partial charge in [0.05, 0.1) is 23.3 Å². The number of rotatable bonds is 3. The van der Waals surface area contributed by atoms with E-state index in [0.29, 0.717) is 16.9 Å². The highest BCUT2D eigenvalue weighted by molar-refractivity contribution is 5.97. The molecule has 1 aliphatic carbocycles. The predicted octanol–water partition coefficient (Wildman–Crippen LogP) is 2.69. The summed E-state index contributed by atoms with van der Waals surface area (Å²) in [7, 11) is 0. The number of carbonyl (C=O) groups is 1. The van der Waals surface area contributed by atoms with Crippen LogP contribution in [0.15, 0.2) is 18.2 Å². The second-order valence-electron chi connectivity index (χ2n) is 4.05. The number of ether oxygens (including phenoxy) is 1. The van der Waals surface area contributed by atoms with Crippen LogP contribution in [0, 0.1) is 11.3 Å². The Labute approximate surface area is 94.6 Å². The van der Waals surface area contributed by atoms with Crippen LogP contribution in [0.4, 0.5) is 0 Å². The van der Waals surface area contributed by atoms with Crippen LogP contribution in [-0.4, -0.2) is 11.9 Å². The fourth-order valence-corrected chi connectivity index (χ4v) is 1.65. The van der Waals surface area contributed by atoms with Crippen molar-refractivity contribution in [3.63, 3.8) is 0 Å². The third kappa shape index (κ3) is 2.06. The zero-order valence-electron chi connectivity index (χ0n) is 9.19. The summed E-state index contributed by atoms with van der Waals surface area (Å²) < 4.78 is 5.71. The molecule has 0 unspecified atom stereocenters. The zero-order valence-corrected chi connectivity index (χ0v) is 9.19. The van der Waals surface area contributed by atoms with Crippen molar-refractivity contribution in [1.29, 1.82) is 5.26 Å². The van der Waals surface area contributed by atoms with Gasteiger partial charge < -0.3 is 4.74 Å². The average Bonchev–Trinajstić information content (AvgIpc) is 2.22. The molecule has 1 saturated carbocycles.